The zero-order valence-electron chi connectivity index (χ0n) is 19.4. The van der Waals surface area contributed by atoms with Gasteiger partial charge in [-0.2, -0.15) is 0 Å². The molecule has 2 heterocycles. The predicted octanol–water partition coefficient (Wildman–Crippen LogP) is 1.31. The van der Waals surface area contributed by atoms with Crippen LogP contribution in [0.1, 0.15) is 27.0 Å². The molecule has 2 aliphatic rings. The molecule has 34 heavy (non-hydrogen) atoms. The molecule has 0 radical (unpaired) electrons. The Morgan fingerprint density at radius 3 is 2.41 bits per heavy atom. The number of amides is 4. The van der Waals surface area contributed by atoms with E-state index in [1.54, 1.807) is 17.0 Å². The summed E-state index contributed by atoms with van der Waals surface area (Å²) >= 11 is 0. The number of urea groups is 1. The molecule has 1 atom stereocenters. The molecule has 9 nitrogen and oxygen atoms in total. The first-order valence-corrected chi connectivity index (χ1v) is 11.5. The van der Waals surface area contributed by atoms with Crippen LogP contribution in [0.25, 0.3) is 0 Å². The van der Waals surface area contributed by atoms with Gasteiger partial charge in [-0.05, 0) is 30.2 Å². The van der Waals surface area contributed by atoms with E-state index in [0.29, 0.717) is 38.4 Å². The highest BCUT2D eigenvalue weighted by molar-refractivity contribution is 5.99. The number of hydrogen-bond donors (Lipinski definition) is 2. The first-order chi connectivity index (χ1) is 16.5. The quantitative estimate of drug-likeness (QED) is 0.692. The lowest BCUT2D eigenvalue weighted by atomic mass is 10.1. The van der Waals surface area contributed by atoms with Crippen LogP contribution in [0.2, 0.25) is 0 Å². The summed E-state index contributed by atoms with van der Waals surface area (Å²) in [4.78, 5) is 44.7. The molecule has 0 aliphatic carbocycles. The lowest BCUT2D eigenvalue weighted by Crippen LogP contribution is -2.57. The van der Waals surface area contributed by atoms with Gasteiger partial charge in [0.15, 0.2) is 6.17 Å². The van der Waals surface area contributed by atoms with Gasteiger partial charge in [-0.15, -0.1) is 0 Å². The largest absolute Gasteiger partial charge is 0.378 e. The van der Waals surface area contributed by atoms with Crippen LogP contribution >= 0.6 is 0 Å². The van der Waals surface area contributed by atoms with Gasteiger partial charge in [0.05, 0.1) is 13.2 Å². The normalized spacial score (nSPS) is 18.2. The standard InChI is InChI=1S/C25H31N5O4/c1-18-4-2-7-21(14-18)24(32)29-8-9-30(25(33)28-10-12-34-13-11-28)23(29)22(31)27-17-20-6-3-5-19(15-20)16-26/h2-7,14-15,23H,8-13,16-17,26H2,1H3,(H,27,31). The van der Waals surface area contributed by atoms with Crippen molar-refractivity contribution in [3.8, 4) is 0 Å². The second-order valence-electron chi connectivity index (χ2n) is 8.56. The first-order valence-electron chi connectivity index (χ1n) is 11.5. The monoisotopic (exact) mass is 465 g/mol. The molecule has 3 N–H and O–H groups in total. The molecule has 4 amide bonds. The predicted molar refractivity (Wildman–Crippen MR) is 127 cm³/mol. The second kappa shape index (κ2) is 10.7. The Balaban J connectivity index is 1.56. The van der Waals surface area contributed by atoms with Crippen molar-refractivity contribution < 1.29 is 19.1 Å². The van der Waals surface area contributed by atoms with Crippen LogP contribution in [0.5, 0.6) is 0 Å². The summed E-state index contributed by atoms with van der Waals surface area (Å²) in [5.74, 6) is -0.662. The smallest absolute Gasteiger partial charge is 0.322 e. The van der Waals surface area contributed by atoms with Crippen LogP contribution in [0.4, 0.5) is 4.79 Å². The van der Waals surface area contributed by atoms with Gasteiger partial charge >= 0.3 is 6.03 Å². The highest BCUT2D eigenvalue weighted by atomic mass is 16.5. The van der Waals surface area contributed by atoms with Crippen molar-refractivity contribution >= 4 is 17.8 Å². The highest BCUT2D eigenvalue weighted by Gasteiger charge is 2.44. The minimum atomic E-state index is -1.03. The zero-order valence-corrected chi connectivity index (χ0v) is 19.4. The lowest BCUT2D eigenvalue weighted by Gasteiger charge is -2.34. The van der Waals surface area contributed by atoms with Crippen molar-refractivity contribution in [2.24, 2.45) is 5.73 Å². The van der Waals surface area contributed by atoms with Gasteiger partial charge in [-0.1, -0.05) is 42.0 Å². The summed E-state index contributed by atoms with van der Waals surface area (Å²) < 4.78 is 5.36. The second-order valence-corrected chi connectivity index (χ2v) is 8.56. The molecule has 0 aromatic heterocycles. The number of ether oxygens (including phenoxy) is 1. The van der Waals surface area contributed by atoms with Crippen molar-refractivity contribution in [2.45, 2.75) is 26.2 Å². The molecular formula is C25H31N5O4. The van der Waals surface area contributed by atoms with Gasteiger partial charge in [0, 0.05) is 44.8 Å². The fourth-order valence-corrected chi connectivity index (χ4v) is 4.35. The number of benzene rings is 2. The van der Waals surface area contributed by atoms with Gasteiger partial charge in [0.1, 0.15) is 0 Å². The van der Waals surface area contributed by atoms with E-state index in [1.807, 2.05) is 43.3 Å². The van der Waals surface area contributed by atoms with Gasteiger partial charge in [0.2, 0.25) is 0 Å². The average Bonchev–Trinajstić information content (AvgIpc) is 3.32. The number of nitrogens with zero attached hydrogens (tertiary/aromatic N) is 3. The molecule has 2 aromatic carbocycles. The molecule has 0 spiro atoms. The first kappa shape index (κ1) is 23.7. The van der Waals surface area contributed by atoms with Crippen molar-refractivity contribution in [3.05, 3.63) is 70.8 Å². The SMILES string of the molecule is Cc1cccc(C(=O)N2CCN(C(=O)N3CCOCC3)C2C(=O)NCc2cccc(CN)c2)c1. The topological polar surface area (TPSA) is 108 Å². The Morgan fingerprint density at radius 1 is 0.971 bits per heavy atom. The van der Waals surface area contributed by atoms with Gasteiger partial charge in [-0.25, -0.2) is 4.79 Å². The van der Waals surface area contributed by atoms with E-state index in [-0.39, 0.29) is 31.6 Å². The minimum Gasteiger partial charge on any atom is -0.378 e. The summed E-state index contributed by atoms with van der Waals surface area (Å²) in [6.07, 6.45) is -1.03. The maximum absolute atomic E-state index is 13.4. The fraction of sp³-hybridized carbons (Fsp3) is 0.400. The molecule has 0 saturated carbocycles. The van der Waals surface area contributed by atoms with E-state index in [2.05, 4.69) is 5.32 Å². The molecular weight excluding hydrogens is 434 g/mol. The summed E-state index contributed by atoms with van der Waals surface area (Å²) in [5, 5.41) is 2.92. The number of rotatable bonds is 5. The van der Waals surface area contributed by atoms with E-state index in [4.69, 9.17) is 10.5 Å². The average molecular weight is 466 g/mol. The molecule has 1 unspecified atom stereocenters. The van der Waals surface area contributed by atoms with Crippen LogP contribution in [0.15, 0.2) is 48.5 Å². The fourth-order valence-electron chi connectivity index (χ4n) is 4.35. The van der Waals surface area contributed by atoms with Crippen molar-refractivity contribution in [3.63, 3.8) is 0 Å². The van der Waals surface area contributed by atoms with Gasteiger partial charge in [0.25, 0.3) is 11.8 Å². The Bertz CT molecular complexity index is 1050. The Kier molecular flexibility index (Phi) is 7.44. The third-order valence-corrected chi connectivity index (χ3v) is 6.15. The molecule has 9 heteroatoms. The number of carbonyl (C=O) groups is 3. The molecule has 0 bridgehead atoms. The van der Waals surface area contributed by atoms with Gasteiger partial charge in [-0.3, -0.25) is 14.5 Å². The van der Waals surface area contributed by atoms with Crippen molar-refractivity contribution in [2.75, 3.05) is 39.4 Å². The van der Waals surface area contributed by atoms with E-state index in [9.17, 15) is 14.4 Å². The van der Waals surface area contributed by atoms with E-state index >= 15 is 0 Å². The molecule has 2 saturated heterocycles. The number of morpholine rings is 1. The van der Waals surface area contributed by atoms with E-state index < -0.39 is 12.1 Å². The van der Waals surface area contributed by atoms with Crippen LogP contribution in [-0.2, 0) is 22.6 Å². The lowest BCUT2D eigenvalue weighted by molar-refractivity contribution is -0.128. The molecule has 2 fully saturated rings. The summed E-state index contributed by atoms with van der Waals surface area (Å²) in [7, 11) is 0. The number of hydrogen-bond acceptors (Lipinski definition) is 5. The summed E-state index contributed by atoms with van der Waals surface area (Å²) in [5.41, 5.74) is 9.04. The number of aryl methyl sites for hydroxylation is 1. The highest BCUT2D eigenvalue weighted by Crippen LogP contribution is 2.21. The van der Waals surface area contributed by atoms with Crippen molar-refractivity contribution in [1.82, 2.24) is 20.0 Å². The van der Waals surface area contributed by atoms with Gasteiger partial charge < -0.3 is 25.6 Å². The summed E-state index contributed by atoms with van der Waals surface area (Å²) in [6.45, 7) is 5.00. The number of nitrogens with one attached hydrogen (secondary N) is 1. The maximum Gasteiger partial charge on any atom is 0.322 e. The van der Waals surface area contributed by atoms with Crippen LogP contribution in [0, 0.1) is 6.92 Å². The zero-order chi connectivity index (χ0) is 24.1. The van der Waals surface area contributed by atoms with Crippen LogP contribution in [0.3, 0.4) is 0 Å². The van der Waals surface area contributed by atoms with Crippen molar-refractivity contribution in [1.29, 1.82) is 0 Å². The molecule has 2 aliphatic heterocycles. The number of carbonyl (C=O) groups excluding carboxylic acids is 3. The Hall–Kier alpha value is -3.43. The molecule has 2 aromatic rings. The Morgan fingerprint density at radius 2 is 1.68 bits per heavy atom. The maximum atomic E-state index is 13.4. The van der Waals surface area contributed by atoms with Crippen LogP contribution in [-0.4, -0.2) is 78.1 Å². The summed E-state index contributed by atoms with van der Waals surface area (Å²) in [6, 6.07) is 14.6. The number of nitrogens with two attached hydrogens (primary N) is 1. The molecule has 180 valence electrons. The molecule has 4 rings (SSSR count). The Labute approximate surface area is 199 Å². The van der Waals surface area contributed by atoms with E-state index in [0.717, 1.165) is 16.7 Å². The minimum absolute atomic E-state index is 0.256. The third-order valence-electron chi connectivity index (χ3n) is 6.15. The van der Waals surface area contributed by atoms with E-state index in [1.165, 1.54) is 9.80 Å². The third kappa shape index (κ3) is 5.21. The van der Waals surface area contributed by atoms with Crippen LogP contribution < -0.4 is 11.1 Å².